The molecule has 8 heteroatoms. The molecule has 2 unspecified atom stereocenters. The van der Waals surface area contributed by atoms with Crippen molar-refractivity contribution in [3.8, 4) is 5.75 Å². The van der Waals surface area contributed by atoms with Crippen LogP contribution in [0.4, 0.5) is 4.39 Å². The Labute approximate surface area is 132 Å². The van der Waals surface area contributed by atoms with Crippen LogP contribution in [0.1, 0.15) is 28.4 Å². The lowest BCUT2D eigenvalue weighted by Crippen LogP contribution is -2.38. The first kappa shape index (κ1) is 15.3. The Balaban J connectivity index is 1.74. The van der Waals surface area contributed by atoms with Crippen LogP contribution in [0.3, 0.4) is 0 Å². The summed E-state index contributed by atoms with van der Waals surface area (Å²) in [5, 5.41) is 12.6. The molecule has 0 bridgehead atoms. The molecule has 2 atom stereocenters. The summed E-state index contributed by atoms with van der Waals surface area (Å²) < 4.78 is 14.1. The summed E-state index contributed by atoms with van der Waals surface area (Å²) in [6.45, 7) is 0. The normalized spacial score (nSPS) is 19.4. The summed E-state index contributed by atoms with van der Waals surface area (Å²) in [4.78, 5) is 28.0. The second-order valence-electron chi connectivity index (χ2n) is 5.69. The summed E-state index contributed by atoms with van der Waals surface area (Å²) in [6, 6.07) is 6.02. The van der Waals surface area contributed by atoms with E-state index in [0.717, 1.165) is 12.0 Å². The molecule has 2 aromatic rings. The van der Waals surface area contributed by atoms with Gasteiger partial charge in [-0.25, -0.2) is 9.37 Å². The first-order valence-electron chi connectivity index (χ1n) is 7.21. The number of nitrogens with one attached hydrogen (secondary N) is 1. The third-order valence-corrected chi connectivity index (χ3v) is 4.11. The Hall–Kier alpha value is -2.64. The third-order valence-electron chi connectivity index (χ3n) is 4.11. The molecule has 118 valence electrons. The molecule has 0 saturated heterocycles. The van der Waals surface area contributed by atoms with E-state index in [1.54, 1.807) is 20.0 Å². The zero-order valence-electron chi connectivity index (χ0n) is 12.7. The van der Waals surface area contributed by atoms with Crippen molar-refractivity contribution in [2.75, 3.05) is 0 Å². The van der Waals surface area contributed by atoms with Gasteiger partial charge in [-0.2, -0.15) is 0 Å². The van der Waals surface area contributed by atoms with Crippen molar-refractivity contribution in [2.45, 2.75) is 18.4 Å². The van der Waals surface area contributed by atoms with E-state index in [0.29, 0.717) is 5.72 Å². The minimum Gasteiger partial charge on any atom is -0.501 e. The van der Waals surface area contributed by atoms with Crippen LogP contribution in [0.5, 0.6) is 5.75 Å². The highest BCUT2D eigenvalue weighted by Crippen LogP contribution is 2.40. The molecule has 1 aromatic carbocycles. The zero-order valence-corrected chi connectivity index (χ0v) is 12.7. The van der Waals surface area contributed by atoms with Crippen LogP contribution in [0.25, 0.3) is 0 Å². The predicted octanol–water partition coefficient (Wildman–Crippen LogP) is -0.831. The summed E-state index contributed by atoms with van der Waals surface area (Å²) in [5.41, 5.74) is 0.349. The van der Waals surface area contributed by atoms with E-state index >= 15 is 0 Å². The van der Waals surface area contributed by atoms with Gasteiger partial charge in [0.15, 0.2) is 13.5 Å². The smallest absolute Gasteiger partial charge is 0.295 e. The Morgan fingerprint density at radius 1 is 1.43 bits per heavy atom. The van der Waals surface area contributed by atoms with Crippen LogP contribution in [0, 0.1) is 5.82 Å². The average Bonchev–Trinajstić information content (AvgIpc) is 3.28. The number of benzene rings is 1. The number of carbonyl (C=O) groups excluding carboxylic acids is 1. The molecule has 1 fully saturated rings. The number of amides is 1. The maximum atomic E-state index is 12.9. The molecule has 23 heavy (non-hydrogen) atoms. The first-order valence-corrected chi connectivity index (χ1v) is 7.21. The molecule has 1 heterocycles. The van der Waals surface area contributed by atoms with Crippen LogP contribution >= 0.6 is 0 Å². The van der Waals surface area contributed by atoms with Crippen LogP contribution in [-0.4, -0.2) is 34.5 Å². The number of aromatic hydroxyl groups is 1. The Kier molecular flexibility index (Phi) is 3.67. The molecule has 1 aliphatic rings. The monoisotopic (exact) mass is 315 g/mol. The van der Waals surface area contributed by atoms with Gasteiger partial charge >= 0.3 is 0 Å². The van der Waals surface area contributed by atoms with Crippen LogP contribution < -0.4 is 16.6 Å². The molecule has 6 nitrogen and oxygen atoms in total. The number of aromatic nitrogens is 2. The van der Waals surface area contributed by atoms with Crippen LogP contribution in [0.15, 0.2) is 29.1 Å². The number of hydrogen-bond acceptors (Lipinski definition) is 4. The van der Waals surface area contributed by atoms with Gasteiger partial charge in [0.2, 0.25) is 5.75 Å². The molecule has 2 N–H and O–H groups in total. The molecule has 1 aromatic heterocycles. The third kappa shape index (κ3) is 2.84. The molecule has 3 rings (SSSR count). The standard InChI is InChI=1S/C15H15BFN3O3/c1-20-14(23)12(21)11(19-15(20)16)13(22)18-10-6-9(10)7-2-4-8(17)5-3-7/h2-5,9-10,21H,6,16H2,1H3,(H,18,22). The highest BCUT2D eigenvalue weighted by molar-refractivity contribution is 6.29. The van der Waals surface area contributed by atoms with Crippen molar-refractivity contribution in [2.24, 2.45) is 7.05 Å². The number of carbonyl (C=O) groups is 1. The number of hydrogen-bond donors (Lipinski definition) is 2. The summed E-state index contributed by atoms with van der Waals surface area (Å²) in [7, 11) is 3.05. The van der Waals surface area contributed by atoms with Crippen molar-refractivity contribution < 1.29 is 14.3 Å². The van der Waals surface area contributed by atoms with Gasteiger partial charge in [-0.05, 0) is 24.1 Å². The van der Waals surface area contributed by atoms with Crippen molar-refractivity contribution in [1.29, 1.82) is 0 Å². The molecular weight excluding hydrogens is 300 g/mol. The largest absolute Gasteiger partial charge is 0.501 e. The topological polar surface area (TPSA) is 84.2 Å². The van der Waals surface area contributed by atoms with E-state index in [1.807, 2.05) is 0 Å². The maximum absolute atomic E-state index is 12.9. The van der Waals surface area contributed by atoms with Crippen molar-refractivity contribution in [3.05, 3.63) is 51.7 Å². The second-order valence-corrected chi connectivity index (χ2v) is 5.69. The molecule has 0 aliphatic heterocycles. The minimum absolute atomic E-state index is 0.106. The molecule has 0 spiro atoms. The highest BCUT2D eigenvalue weighted by atomic mass is 19.1. The minimum atomic E-state index is -0.659. The summed E-state index contributed by atoms with van der Waals surface area (Å²) in [6.07, 6.45) is 0.724. The van der Waals surface area contributed by atoms with Gasteiger partial charge in [-0.1, -0.05) is 12.1 Å². The van der Waals surface area contributed by atoms with Gasteiger partial charge in [0.05, 0.1) is 5.72 Å². The van der Waals surface area contributed by atoms with Gasteiger partial charge in [-0.3, -0.25) is 9.59 Å². The number of nitrogens with zero attached hydrogens (tertiary/aromatic N) is 2. The first-order chi connectivity index (χ1) is 10.9. The van der Waals surface area contributed by atoms with E-state index in [9.17, 15) is 19.1 Å². The Morgan fingerprint density at radius 3 is 2.74 bits per heavy atom. The maximum Gasteiger partial charge on any atom is 0.295 e. The van der Waals surface area contributed by atoms with Gasteiger partial charge in [0.25, 0.3) is 11.5 Å². The second kappa shape index (κ2) is 5.53. The van der Waals surface area contributed by atoms with Gasteiger partial charge < -0.3 is 15.0 Å². The van der Waals surface area contributed by atoms with E-state index in [-0.39, 0.29) is 23.5 Å². The van der Waals surface area contributed by atoms with E-state index in [4.69, 9.17) is 0 Å². The van der Waals surface area contributed by atoms with E-state index in [2.05, 4.69) is 10.3 Å². The van der Waals surface area contributed by atoms with Crippen LogP contribution in [0.2, 0.25) is 0 Å². The lowest BCUT2D eigenvalue weighted by molar-refractivity contribution is 0.0942. The van der Waals surface area contributed by atoms with Gasteiger partial charge in [0.1, 0.15) is 5.82 Å². The number of rotatable bonds is 3. The van der Waals surface area contributed by atoms with Gasteiger partial charge in [-0.15, -0.1) is 0 Å². The molecule has 0 radical (unpaired) electrons. The lowest BCUT2D eigenvalue weighted by Gasteiger charge is -2.09. The van der Waals surface area contributed by atoms with E-state index in [1.165, 1.54) is 23.7 Å². The van der Waals surface area contributed by atoms with Gasteiger partial charge in [0, 0.05) is 19.0 Å². The highest BCUT2D eigenvalue weighted by Gasteiger charge is 2.40. The number of halogens is 1. The molecular formula is C15H15BFN3O3. The summed E-state index contributed by atoms with van der Waals surface area (Å²) in [5.74, 6) is -1.44. The van der Waals surface area contributed by atoms with Crippen molar-refractivity contribution in [3.63, 3.8) is 0 Å². The quantitative estimate of drug-likeness (QED) is 0.724. The van der Waals surface area contributed by atoms with Crippen molar-refractivity contribution in [1.82, 2.24) is 14.9 Å². The SMILES string of the molecule is Bc1nc(C(=O)NC2CC2c2ccc(F)cc2)c(O)c(=O)n1C. The fourth-order valence-corrected chi connectivity index (χ4v) is 2.52. The lowest BCUT2D eigenvalue weighted by atomic mass is 10.1. The average molecular weight is 315 g/mol. The predicted molar refractivity (Wildman–Crippen MR) is 84.3 cm³/mol. The molecule has 1 saturated carbocycles. The fraction of sp³-hybridized carbons (Fsp3) is 0.267. The van der Waals surface area contributed by atoms with Crippen molar-refractivity contribution >= 4 is 19.5 Å². The van der Waals surface area contributed by atoms with Crippen LogP contribution in [-0.2, 0) is 7.05 Å². The summed E-state index contributed by atoms with van der Waals surface area (Å²) >= 11 is 0. The fourth-order valence-electron chi connectivity index (χ4n) is 2.52. The molecule has 1 aliphatic carbocycles. The Bertz CT molecular complexity index is 835. The zero-order chi connectivity index (χ0) is 16.7. The molecule has 1 amide bonds. The Morgan fingerprint density at radius 2 is 2.09 bits per heavy atom. The van der Waals surface area contributed by atoms with E-state index < -0.39 is 17.2 Å².